The van der Waals surface area contributed by atoms with Crippen LogP contribution in [0.15, 0.2) is 36.4 Å². The highest BCUT2D eigenvalue weighted by molar-refractivity contribution is 5.63. The van der Waals surface area contributed by atoms with Crippen LogP contribution in [-0.2, 0) is 7.05 Å². The van der Waals surface area contributed by atoms with Crippen molar-refractivity contribution in [2.75, 3.05) is 7.11 Å². The highest BCUT2D eigenvalue weighted by Crippen LogP contribution is 2.28. The second kappa shape index (κ2) is 3.81. The van der Waals surface area contributed by atoms with Crippen LogP contribution in [0.3, 0.4) is 0 Å². The van der Waals surface area contributed by atoms with Crippen molar-refractivity contribution in [1.29, 1.82) is 0 Å². The van der Waals surface area contributed by atoms with Gasteiger partial charge in [-0.15, -0.1) is 0 Å². The number of ether oxygens (including phenoxy) is 1. The number of nitrogens with zero attached hydrogens (tertiary/aromatic N) is 1. The molecule has 0 unspecified atom stereocenters. The van der Waals surface area contributed by atoms with E-state index in [2.05, 4.69) is 36.7 Å². The summed E-state index contributed by atoms with van der Waals surface area (Å²) in [4.78, 5) is 0. The Bertz CT molecular complexity index is 457. The van der Waals surface area contributed by atoms with Crippen molar-refractivity contribution in [2.24, 2.45) is 7.05 Å². The predicted octanol–water partition coefficient (Wildman–Crippen LogP) is 3.01. The van der Waals surface area contributed by atoms with Gasteiger partial charge in [0.25, 0.3) is 0 Å². The lowest BCUT2D eigenvalue weighted by atomic mass is 10.1. The molecular weight excluding hydrogens is 186 g/mol. The molecular formula is C13H15NO. The van der Waals surface area contributed by atoms with Gasteiger partial charge >= 0.3 is 0 Å². The van der Waals surface area contributed by atoms with Gasteiger partial charge < -0.3 is 9.30 Å². The zero-order valence-electron chi connectivity index (χ0n) is 9.32. The Morgan fingerprint density at radius 3 is 2.33 bits per heavy atom. The van der Waals surface area contributed by atoms with Crippen LogP contribution in [-0.4, -0.2) is 11.7 Å². The summed E-state index contributed by atoms with van der Waals surface area (Å²) in [7, 11) is 3.76. The summed E-state index contributed by atoms with van der Waals surface area (Å²) in [5.41, 5.74) is 3.55. The lowest BCUT2D eigenvalue weighted by Gasteiger charge is -2.04. The second-order valence-electron chi connectivity index (χ2n) is 3.61. The Kier molecular flexibility index (Phi) is 2.50. The van der Waals surface area contributed by atoms with E-state index in [-0.39, 0.29) is 0 Å². The van der Waals surface area contributed by atoms with Crippen LogP contribution in [0, 0.1) is 6.92 Å². The van der Waals surface area contributed by atoms with Crippen molar-refractivity contribution in [1.82, 2.24) is 4.57 Å². The minimum atomic E-state index is 0.941. The SMILES string of the molecule is COc1cc(-c2ccccc2)n(C)c1C. The van der Waals surface area contributed by atoms with E-state index >= 15 is 0 Å². The highest BCUT2D eigenvalue weighted by Gasteiger charge is 2.09. The zero-order valence-corrected chi connectivity index (χ0v) is 9.32. The number of rotatable bonds is 2. The summed E-state index contributed by atoms with van der Waals surface area (Å²) in [6.45, 7) is 2.06. The molecule has 0 amide bonds. The lowest BCUT2D eigenvalue weighted by molar-refractivity contribution is 0.410. The first kappa shape index (κ1) is 9.84. The Balaban J connectivity index is 2.55. The Hall–Kier alpha value is -1.70. The van der Waals surface area contributed by atoms with E-state index in [4.69, 9.17) is 4.74 Å². The number of aromatic nitrogens is 1. The minimum absolute atomic E-state index is 0.941. The molecule has 0 saturated heterocycles. The smallest absolute Gasteiger partial charge is 0.140 e. The van der Waals surface area contributed by atoms with Crippen LogP contribution in [0.5, 0.6) is 5.75 Å². The Morgan fingerprint density at radius 2 is 1.80 bits per heavy atom. The van der Waals surface area contributed by atoms with Crippen molar-refractivity contribution in [3.8, 4) is 17.0 Å². The summed E-state index contributed by atoms with van der Waals surface area (Å²) in [5, 5.41) is 0. The highest BCUT2D eigenvalue weighted by atomic mass is 16.5. The van der Waals surface area contributed by atoms with Crippen molar-refractivity contribution in [3.05, 3.63) is 42.1 Å². The Morgan fingerprint density at radius 1 is 1.13 bits per heavy atom. The molecule has 15 heavy (non-hydrogen) atoms. The molecule has 2 aromatic rings. The summed E-state index contributed by atoms with van der Waals surface area (Å²) in [5.74, 6) is 0.941. The molecule has 0 aliphatic heterocycles. The molecule has 0 saturated carbocycles. The van der Waals surface area contributed by atoms with Gasteiger partial charge in [0.1, 0.15) is 5.75 Å². The minimum Gasteiger partial charge on any atom is -0.495 e. The van der Waals surface area contributed by atoms with Crippen LogP contribution in [0.2, 0.25) is 0 Å². The zero-order chi connectivity index (χ0) is 10.8. The van der Waals surface area contributed by atoms with Gasteiger partial charge in [0.05, 0.1) is 18.5 Å². The molecule has 0 atom stereocenters. The molecule has 0 N–H and O–H groups in total. The Labute approximate surface area is 90.1 Å². The summed E-state index contributed by atoms with van der Waals surface area (Å²) < 4.78 is 7.45. The van der Waals surface area contributed by atoms with Crippen LogP contribution >= 0.6 is 0 Å². The van der Waals surface area contributed by atoms with Gasteiger partial charge in [-0.3, -0.25) is 0 Å². The standard InChI is InChI=1S/C13H15NO/c1-10-13(15-3)9-12(14(10)2)11-7-5-4-6-8-11/h4-9H,1-3H3. The third-order valence-electron chi connectivity index (χ3n) is 2.78. The lowest BCUT2D eigenvalue weighted by Crippen LogP contribution is -1.94. The monoisotopic (exact) mass is 201 g/mol. The number of hydrogen-bond acceptors (Lipinski definition) is 1. The van der Waals surface area contributed by atoms with E-state index in [1.54, 1.807) is 7.11 Å². The van der Waals surface area contributed by atoms with Gasteiger partial charge in [0.2, 0.25) is 0 Å². The topological polar surface area (TPSA) is 14.2 Å². The van der Waals surface area contributed by atoms with Gasteiger partial charge in [-0.25, -0.2) is 0 Å². The molecule has 0 spiro atoms. The van der Waals surface area contributed by atoms with Gasteiger partial charge in [-0.1, -0.05) is 30.3 Å². The molecule has 1 aromatic heterocycles. The van der Waals surface area contributed by atoms with E-state index in [0.29, 0.717) is 0 Å². The molecule has 1 aromatic carbocycles. The number of methoxy groups -OCH3 is 1. The maximum absolute atomic E-state index is 5.31. The number of hydrogen-bond donors (Lipinski definition) is 0. The van der Waals surface area contributed by atoms with E-state index in [1.165, 1.54) is 11.3 Å². The molecule has 2 heteroatoms. The van der Waals surface area contributed by atoms with Gasteiger partial charge in [0.15, 0.2) is 0 Å². The predicted molar refractivity (Wildman–Crippen MR) is 62.1 cm³/mol. The van der Waals surface area contributed by atoms with E-state index in [1.807, 2.05) is 18.2 Å². The first-order valence-corrected chi connectivity index (χ1v) is 4.99. The van der Waals surface area contributed by atoms with Crippen molar-refractivity contribution < 1.29 is 4.74 Å². The molecule has 0 fully saturated rings. The molecule has 0 aliphatic carbocycles. The average Bonchev–Trinajstić information content (AvgIpc) is 2.57. The fourth-order valence-electron chi connectivity index (χ4n) is 1.76. The first-order valence-electron chi connectivity index (χ1n) is 4.99. The van der Waals surface area contributed by atoms with Gasteiger partial charge in [0, 0.05) is 13.1 Å². The van der Waals surface area contributed by atoms with E-state index in [9.17, 15) is 0 Å². The molecule has 78 valence electrons. The van der Waals surface area contributed by atoms with Crippen LogP contribution < -0.4 is 4.74 Å². The van der Waals surface area contributed by atoms with Gasteiger partial charge in [-0.2, -0.15) is 0 Å². The third-order valence-corrected chi connectivity index (χ3v) is 2.78. The van der Waals surface area contributed by atoms with Crippen LogP contribution in [0.4, 0.5) is 0 Å². The summed E-state index contributed by atoms with van der Waals surface area (Å²) >= 11 is 0. The second-order valence-corrected chi connectivity index (χ2v) is 3.61. The molecule has 1 heterocycles. The fraction of sp³-hybridized carbons (Fsp3) is 0.231. The molecule has 2 rings (SSSR count). The average molecular weight is 201 g/mol. The molecule has 2 nitrogen and oxygen atoms in total. The van der Waals surface area contributed by atoms with Gasteiger partial charge in [-0.05, 0) is 12.5 Å². The van der Waals surface area contributed by atoms with Crippen LogP contribution in [0.1, 0.15) is 5.69 Å². The van der Waals surface area contributed by atoms with Crippen LogP contribution in [0.25, 0.3) is 11.3 Å². The maximum Gasteiger partial charge on any atom is 0.140 e. The fourth-order valence-corrected chi connectivity index (χ4v) is 1.76. The molecule has 0 bridgehead atoms. The summed E-state index contributed by atoms with van der Waals surface area (Å²) in [6, 6.07) is 12.4. The quantitative estimate of drug-likeness (QED) is 0.728. The molecule has 0 radical (unpaired) electrons. The maximum atomic E-state index is 5.31. The molecule has 0 aliphatic rings. The normalized spacial score (nSPS) is 10.3. The van der Waals surface area contributed by atoms with Crippen molar-refractivity contribution in [3.63, 3.8) is 0 Å². The van der Waals surface area contributed by atoms with E-state index < -0.39 is 0 Å². The van der Waals surface area contributed by atoms with Crippen molar-refractivity contribution >= 4 is 0 Å². The largest absolute Gasteiger partial charge is 0.495 e. The number of benzene rings is 1. The summed E-state index contributed by atoms with van der Waals surface area (Å²) in [6.07, 6.45) is 0. The van der Waals surface area contributed by atoms with Crippen molar-refractivity contribution in [2.45, 2.75) is 6.92 Å². The van der Waals surface area contributed by atoms with E-state index in [0.717, 1.165) is 11.4 Å². The first-order chi connectivity index (χ1) is 7.24. The third kappa shape index (κ3) is 1.63.